The Morgan fingerprint density at radius 1 is 1.46 bits per heavy atom. The van der Waals surface area contributed by atoms with Crippen LogP contribution in [0.3, 0.4) is 0 Å². The Kier molecular flexibility index (Phi) is 4.79. The van der Waals surface area contributed by atoms with Crippen LogP contribution < -0.4 is 10.2 Å². The third-order valence-electron chi connectivity index (χ3n) is 5.36. The summed E-state index contributed by atoms with van der Waals surface area (Å²) < 4.78 is 5.38. The van der Waals surface area contributed by atoms with Crippen molar-refractivity contribution < 1.29 is 14.3 Å². The number of carbonyl (C=O) groups excluding carboxylic acids is 2. The van der Waals surface area contributed by atoms with E-state index in [1.807, 2.05) is 12.1 Å². The van der Waals surface area contributed by atoms with E-state index in [1.54, 1.807) is 22.9 Å². The lowest BCUT2D eigenvalue weighted by molar-refractivity contribution is -0.138. The fourth-order valence-corrected chi connectivity index (χ4v) is 5.29. The number of hydrogen-bond acceptors (Lipinski definition) is 6. The molecule has 4 heterocycles. The molecule has 3 aliphatic heterocycles. The summed E-state index contributed by atoms with van der Waals surface area (Å²) in [7, 11) is 0. The predicted molar refractivity (Wildman–Crippen MR) is 99.8 cm³/mol. The number of nitrogens with one attached hydrogen (secondary N) is 1. The number of aromatic nitrogens is 1. The number of rotatable bonds is 4. The molecule has 0 spiro atoms. The van der Waals surface area contributed by atoms with Gasteiger partial charge in [0.2, 0.25) is 11.8 Å². The van der Waals surface area contributed by atoms with Gasteiger partial charge in [-0.05, 0) is 31.0 Å². The minimum atomic E-state index is -0.361. The SMILES string of the molecule is C[C@@]12CCC(=O)N1[C@@H](C(=O)NCc1ccnc(N3CCOCC3)c1)CS2. The molecule has 140 valence electrons. The zero-order chi connectivity index (χ0) is 18.1. The van der Waals surface area contributed by atoms with Crippen LogP contribution in [-0.2, 0) is 20.9 Å². The van der Waals surface area contributed by atoms with Gasteiger partial charge >= 0.3 is 0 Å². The first kappa shape index (κ1) is 17.6. The molecule has 0 bridgehead atoms. The number of morpholine rings is 1. The number of ether oxygens (including phenoxy) is 1. The van der Waals surface area contributed by atoms with Crippen molar-refractivity contribution >= 4 is 29.4 Å². The largest absolute Gasteiger partial charge is 0.378 e. The first-order valence-electron chi connectivity index (χ1n) is 9.08. The quantitative estimate of drug-likeness (QED) is 0.845. The summed E-state index contributed by atoms with van der Waals surface area (Å²) in [5.41, 5.74) is 1.01. The number of carbonyl (C=O) groups is 2. The monoisotopic (exact) mass is 376 g/mol. The number of anilines is 1. The lowest BCUT2D eigenvalue weighted by atomic mass is 10.2. The standard InChI is InChI=1S/C18H24N4O3S/c1-18-4-2-16(23)22(18)14(12-26-18)17(24)20-11-13-3-5-19-15(10-13)21-6-8-25-9-7-21/h3,5,10,14H,2,4,6-9,11-12H2,1H3,(H,20,24)/t14-,18-/m1/s1. The number of nitrogens with zero attached hydrogens (tertiary/aromatic N) is 3. The molecule has 1 N–H and O–H groups in total. The van der Waals surface area contributed by atoms with Crippen molar-refractivity contribution in [2.24, 2.45) is 0 Å². The number of hydrogen-bond donors (Lipinski definition) is 1. The van der Waals surface area contributed by atoms with Crippen LogP contribution in [0.1, 0.15) is 25.3 Å². The van der Waals surface area contributed by atoms with E-state index in [0.29, 0.717) is 31.9 Å². The molecule has 3 fully saturated rings. The molecule has 2 amide bonds. The van der Waals surface area contributed by atoms with Gasteiger partial charge in [0.15, 0.2) is 0 Å². The summed E-state index contributed by atoms with van der Waals surface area (Å²) in [6.07, 6.45) is 3.15. The zero-order valence-electron chi connectivity index (χ0n) is 14.9. The number of amides is 2. The van der Waals surface area contributed by atoms with Crippen LogP contribution in [0.25, 0.3) is 0 Å². The molecule has 26 heavy (non-hydrogen) atoms. The van der Waals surface area contributed by atoms with Gasteiger partial charge in [-0.15, -0.1) is 11.8 Å². The highest BCUT2D eigenvalue weighted by Crippen LogP contribution is 2.47. The fourth-order valence-electron chi connectivity index (χ4n) is 3.86. The van der Waals surface area contributed by atoms with Gasteiger partial charge < -0.3 is 19.9 Å². The van der Waals surface area contributed by atoms with Crippen molar-refractivity contribution in [3.8, 4) is 0 Å². The summed E-state index contributed by atoms with van der Waals surface area (Å²) in [5.74, 6) is 1.61. The van der Waals surface area contributed by atoms with Gasteiger partial charge in [0, 0.05) is 38.0 Å². The molecule has 0 unspecified atom stereocenters. The van der Waals surface area contributed by atoms with Gasteiger partial charge in [0.05, 0.1) is 18.1 Å². The van der Waals surface area contributed by atoms with Gasteiger partial charge in [-0.25, -0.2) is 4.98 Å². The third kappa shape index (κ3) is 3.27. The molecule has 8 heteroatoms. The molecule has 0 saturated carbocycles. The number of fused-ring (bicyclic) bond motifs is 1. The van der Waals surface area contributed by atoms with E-state index in [0.717, 1.165) is 30.9 Å². The van der Waals surface area contributed by atoms with Crippen molar-refractivity contribution in [2.75, 3.05) is 37.0 Å². The number of pyridine rings is 1. The van der Waals surface area contributed by atoms with Crippen LogP contribution in [-0.4, -0.2) is 64.7 Å². The molecule has 0 aliphatic carbocycles. The molecule has 0 radical (unpaired) electrons. The first-order chi connectivity index (χ1) is 12.6. The smallest absolute Gasteiger partial charge is 0.243 e. The van der Waals surface area contributed by atoms with Crippen molar-refractivity contribution in [3.63, 3.8) is 0 Å². The molecule has 2 atom stereocenters. The third-order valence-corrected chi connectivity index (χ3v) is 6.86. The van der Waals surface area contributed by atoms with Crippen LogP contribution in [0.5, 0.6) is 0 Å². The van der Waals surface area contributed by atoms with Crippen LogP contribution in [0.2, 0.25) is 0 Å². The van der Waals surface area contributed by atoms with Crippen molar-refractivity contribution in [1.82, 2.24) is 15.2 Å². The Morgan fingerprint density at radius 3 is 3.08 bits per heavy atom. The second-order valence-corrected chi connectivity index (χ2v) is 8.61. The highest BCUT2D eigenvalue weighted by Gasteiger charge is 2.52. The minimum absolute atomic E-state index is 0.0683. The van der Waals surface area contributed by atoms with E-state index in [-0.39, 0.29) is 22.7 Å². The second-order valence-electron chi connectivity index (χ2n) is 7.11. The molecule has 3 aliphatic rings. The Bertz CT molecular complexity index is 709. The van der Waals surface area contributed by atoms with E-state index >= 15 is 0 Å². The number of thioether (sulfide) groups is 1. The molecule has 1 aromatic rings. The normalized spacial score (nSPS) is 28.3. The van der Waals surface area contributed by atoms with Gasteiger partial charge in [-0.1, -0.05) is 0 Å². The maximum Gasteiger partial charge on any atom is 0.243 e. The summed E-state index contributed by atoms with van der Waals surface area (Å²) in [6.45, 7) is 5.59. The van der Waals surface area contributed by atoms with Gasteiger partial charge in [-0.3, -0.25) is 9.59 Å². The summed E-state index contributed by atoms with van der Waals surface area (Å²) >= 11 is 1.71. The molecule has 1 aromatic heterocycles. The lowest BCUT2D eigenvalue weighted by Crippen LogP contribution is -2.49. The van der Waals surface area contributed by atoms with Crippen LogP contribution in [0.15, 0.2) is 18.3 Å². The molecule has 7 nitrogen and oxygen atoms in total. The molecule has 4 rings (SSSR count). The Labute approximate surface area is 157 Å². The Morgan fingerprint density at radius 2 is 2.27 bits per heavy atom. The highest BCUT2D eigenvalue weighted by molar-refractivity contribution is 8.01. The molecular weight excluding hydrogens is 352 g/mol. The first-order valence-corrected chi connectivity index (χ1v) is 10.1. The van der Waals surface area contributed by atoms with E-state index in [4.69, 9.17) is 4.74 Å². The van der Waals surface area contributed by atoms with E-state index in [9.17, 15) is 9.59 Å². The van der Waals surface area contributed by atoms with Crippen LogP contribution >= 0.6 is 11.8 Å². The van der Waals surface area contributed by atoms with Gasteiger partial charge in [-0.2, -0.15) is 0 Å². The van der Waals surface area contributed by atoms with E-state index in [2.05, 4.69) is 22.1 Å². The summed E-state index contributed by atoms with van der Waals surface area (Å²) in [6, 6.07) is 3.57. The maximum absolute atomic E-state index is 12.7. The average molecular weight is 376 g/mol. The van der Waals surface area contributed by atoms with Crippen molar-refractivity contribution in [2.45, 2.75) is 37.2 Å². The maximum atomic E-state index is 12.7. The summed E-state index contributed by atoms with van der Waals surface area (Å²) in [4.78, 5) is 33.1. The van der Waals surface area contributed by atoms with Crippen molar-refractivity contribution in [3.05, 3.63) is 23.9 Å². The average Bonchev–Trinajstić information content (AvgIpc) is 3.17. The van der Waals surface area contributed by atoms with Gasteiger partial charge in [0.1, 0.15) is 11.9 Å². The van der Waals surface area contributed by atoms with Crippen LogP contribution in [0.4, 0.5) is 5.82 Å². The van der Waals surface area contributed by atoms with Gasteiger partial charge in [0.25, 0.3) is 0 Å². The van der Waals surface area contributed by atoms with E-state index < -0.39 is 0 Å². The summed E-state index contributed by atoms with van der Waals surface area (Å²) in [5, 5.41) is 3.00. The zero-order valence-corrected chi connectivity index (χ0v) is 15.8. The van der Waals surface area contributed by atoms with Crippen molar-refractivity contribution in [1.29, 1.82) is 0 Å². The lowest BCUT2D eigenvalue weighted by Gasteiger charge is -2.30. The van der Waals surface area contributed by atoms with E-state index in [1.165, 1.54) is 0 Å². The fraction of sp³-hybridized carbons (Fsp3) is 0.611. The second kappa shape index (κ2) is 7.08. The molecular formula is C18H24N4O3S. The Balaban J connectivity index is 1.38. The molecule has 3 saturated heterocycles. The Hall–Kier alpha value is -1.80. The predicted octanol–water partition coefficient (Wildman–Crippen LogP) is 0.988. The topological polar surface area (TPSA) is 74.8 Å². The molecule has 0 aromatic carbocycles. The minimum Gasteiger partial charge on any atom is -0.378 e. The van der Waals surface area contributed by atoms with Crippen LogP contribution in [0, 0.1) is 0 Å². The highest BCUT2D eigenvalue weighted by atomic mass is 32.2.